The van der Waals surface area contributed by atoms with E-state index in [0.29, 0.717) is 17.1 Å². The summed E-state index contributed by atoms with van der Waals surface area (Å²) in [4.78, 5) is 12.7. The number of sulfonamides is 1. The highest BCUT2D eigenvalue weighted by molar-refractivity contribution is 7.93. The molecule has 0 unspecified atom stereocenters. The van der Waals surface area contributed by atoms with E-state index in [1.165, 1.54) is 23.5 Å². The average molecular weight is 457 g/mol. The van der Waals surface area contributed by atoms with Gasteiger partial charge in [-0.2, -0.15) is 0 Å². The van der Waals surface area contributed by atoms with E-state index in [4.69, 9.17) is 16.3 Å². The van der Waals surface area contributed by atoms with Crippen molar-refractivity contribution in [2.45, 2.75) is 25.7 Å². The molecule has 1 aliphatic rings. The second-order valence-corrected chi connectivity index (χ2v) is 9.94. The van der Waals surface area contributed by atoms with Crippen molar-refractivity contribution in [3.63, 3.8) is 0 Å². The first kappa shape index (κ1) is 21.2. The van der Waals surface area contributed by atoms with Gasteiger partial charge < -0.3 is 10.1 Å². The highest BCUT2D eigenvalue weighted by atomic mass is 35.5. The number of ether oxygens (including phenoxy) is 1. The van der Waals surface area contributed by atoms with Crippen molar-refractivity contribution in [3.05, 3.63) is 75.8 Å². The van der Waals surface area contributed by atoms with E-state index in [9.17, 15) is 13.2 Å². The highest BCUT2D eigenvalue weighted by Crippen LogP contribution is 2.40. The molecule has 8 heteroatoms. The largest absolute Gasteiger partial charge is 0.454 e. The molecule has 4 rings (SSSR count). The number of anilines is 2. The van der Waals surface area contributed by atoms with Crippen LogP contribution in [0, 0.1) is 20.8 Å². The van der Waals surface area contributed by atoms with Crippen LogP contribution in [0.4, 0.5) is 11.4 Å². The van der Waals surface area contributed by atoms with Crippen LogP contribution in [0.5, 0.6) is 11.5 Å². The Bertz CT molecular complexity index is 1340. The molecular formula is C23H21ClN2O4S. The van der Waals surface area contributed by atoms with Gasteiger partial charge in [-0.25, -0.2) is 8.42 Å². The number of hydrogen-bond donors (Lipinski definition) is 1. The molecule has 0 spiro atoms. The van der Waals surface area contributed by atoms with E-state index in [1.807, 2.05) is 39.0 Å². The molecule has 0 atom stereocenters. The standard InChI is InChI=1S/C23H21ClN2O4S/c1-13-6-8-20-18(9-13)25-23(27)16-11-22(17(24)12-21(16)30-20)31(28,29)26(4)19-10-14(2)5-7-15(19)3/h5-12H,1-4H3,(H,25,27). The predicted molar refractivity (Wildman–Crippen MR) is 122 cm³/mol. The second-order valence-electron chi connectivity index (χ2n) is 7.60. The molecule has 0 fully saturated rings. The number of benzene rings is 3. The third-order valence-electron chi connectivity index (χ3n) is 5.22. The van der Waals surface area contributed by atoms with Gasteiger partial charge in [0.2, 0.25) is 0 Å². The Morgan fingerprint density at radius 1 is 0.935 bits per heavy atom. The number of halogens is 1. The van der Waals surface area contributed by atoms with Gasteiger partial charge in [-0.1, -0.05) is 29.8 Å². The molecule has 6 nitrogen and oxygen atoms in total. The molecular weight excluding hydrogens is 436 g/mol. The van der Waals surface area contributed by atoms with Crippen LogP contribution in [-0.2, 0) is 10.0 Å². The van der Waals surface area contributed by atoms with Crippen molar-refractivity contribution in [3.8, 4) is 11.5 Å². The number of hydrogen-bond acceptors (Lipinski definition) is 4. The molecule has 0 aliphatic carbocycles. The van der Waals surface area contributed by atoms with Gasteiger partial charge in [-0.3, -0.25) is 9.10 Å². The van der Waals surface area contributed by atoms with E-state index < -0.39 is 15.9 Å². The van der Waals surface area contributed by atoms with Gasteiger partial charge in [0.05, 0.1) is 22.0 Å². The molecule has 1 amide bonds. The van der Waals surface area contributed by atoms with E-state index in [1.54, 1.807) is 18.2 Å². The van der Waals surface area contributed by atoms with Crippen LogP contribution in [0.3, 0.4) is 0 Å². The van der Waals surface area contributed by atoms with E-state index in [2.05, 4.69) is 5.32 Å². The number of fused-ring (bicyclic) bond motifs is 2. The summed E-state index contributed by atoms with van der Waals surface area (Å²) >= 11 is 6.38. The van der Waals surface area contributed by atoms with Crippen molar-refractivity contribution < 1.29 is 17.9 Å². The van der Waals surface area contributed by atoms with E-state index >= 15 is 0 Å². The minimum absolute atomic E-state index is 0.0285. The summed E-state index contributed by atoms with van der Waals surface area (Å²) in [5.74, 6) is 0.178. The van der Waals surface area contributed by atoms with Crippen LogP contribution in [0.2, 0.25) is 5.02 Å². The maximum Gasteiger partial charge on any atom is 0.265 e. The third kappa shape index (κ3) is 3.75. The maximum absolute atomic E-state index is 13.4. The average Bonchev–Trinajstić information content (AvgIpc) is 2.83. The van der Waals surface area contributed by atoms with Crippen LogP contribution in [-0.4, -0.2) is 21.4 Å². The summed E-state index contributed by atoms with van der Waals surface area (Å²) < 4.78 is 33.9. The van der Waals surface area contributed by atoms with E-state index in [0.717, 1.165) is 16.7 Å². The Labute approximate surface area is 186 Å². The molecule has 0 saturated carbocycles. The van der Waals surface area contributed by atoms with Gasteiger partial charge in [0.25, 0.3) is 15.9 Å². The second kappa shape index (κ2) is 7.59. The minimum Gasteiger partial charge on any atom is -0.454 e. The number of nitrogens with one attached hydrogen (secondary N) is 1. The Hall–Kier alpha value is -3.03. The first-order chi connectivity index (χ1) is 14.6. The predicted octanol–water partition coefficient (Wildman–Crippen LogP) is 5.45. The van der Waals surface area contributed by atoms with Crippen LogP contribution in [0.1, 0.15) is 27.0 Å². The summed E-state index contributed by atoms with van der Waals surface area (Å²) in [5.41, 5.74) is 3.81. The number of rotatable bonds is 3. The SMILES string of the molecule is Cc1ccc2c(c1)NC(=O)c1cc(S(=O)(=O)N(C)c3cc(C)ccc3C)c(Cl)cc1O2. The zero-order valence-electron chi connectivity index (χ0n) is 17.5. The molecule has 0 bridgehead atoms. The number of carbonyl (C=O) groups is 1. The summed E-state index contributed by atoms with van der Waals surface area (Å²) in [6.45, 7) is 5.62. The molecule has 31 heavy (non-hydrogen) atoms. The highest BCUT2D eigenvalue weighted by Gasteiger charge is 2.30. The maximum atomic E-state index is 13.4. The number of nitrogens with zero attached hydrogens (tertiary/aromatic N) is 1. The summed E-state index contributed by atoms with van der Waals surface area (Å²) in [7, 11) is -2.57. The molecule has 3 aromatic rings. The number of amides is 1. The Kier molecular flexibility index (Phi) is 5.19. The fraction of sp³-hybridized carbons (Fsp3) is 0.174. The fourth-order valence-corrected chi connectivity index (χ4v) is 5.24. The normalized spacial score (nSPS) is 12.9. The monoisotopic (exact) mass is 456 g/mol. The third-order valence-corrected chi connectivity index (χ3v) is 7.46. The fourth-order valence-electron chi connectivity index (χ4n) is 3.47. The quantitative estimate of drug-likeness (QED) is 0.568. The van der Waals surface area contributed by atoms with Crippen molar-refractivity contribution >= 4 is 38.9 Å². The number of carbonyl (C=O) groups excluding carboxylic acids is 1. The van der Waals surface area contributed by atoms with Crippen molar-refractivity contribution in [2.75, 3.05) is 16.7 Å². The first-order valence-corrected chi connectivity index (χ1v) is 11.4. The summed E-state index contributed by atoms with van der Waals surface area (Å²) in [5, 5.41) is 2.75. The zero-order valence-corrected chi connectivity index (χ0v) is 19.1. The Morgan fingerprint density at radius 3 is 2.35 bits per heavy atom. The van der Waals surface area contributed by atoms with Gasteiger partial charge in [-0.05, 0) is 61.7 Å². The molecule has 0 radical (unpaired) electrons. The van der Waals surface area contributed by atoms with Crippen LogP contribution >= 0.6 is 11.6 Å². The zero-order chi connectivity index (χ0) is 22.5. The minimum atomic E-state index is -4.04. The molecule has 3 aromatic carbocycles. The lowest BCUT2D eigenvalue weighted by Crippen LogP contribution is -2.28. The van der Waals surface area contributed by atoms with Gasteiger partial charge in [0.1, 0.15) is 10.6 Å². The molecule has 1 aliphatic heterocycles. The van der Waals surface area contributed by atoms with E-state index in [-0.39, 0.29) is 21.2 Å². The lowest BCUT2D eigenvalue weighted by atomic mass is 10.1. The van der Waals surface area contributed by atoms with Crippen molar-refractivity contribution in [1.82, 2.24) is 0 Å². The topological polar surface area (TPSA) is 75.7 Å². The molecule has 1 heterocycles. The lowest BCUT2D eigenvalue weighted by Gasteiger charge is -2.23. The lowest BCUT2D eigenvalue weighted by molar-refractivity contribution is 0.102. The van der Waals surface area contributed by atoms with Crippen molar-refractivity contribution in [1.29, 1.82) is 0 Å². The Morgan fingerprint density at radius 2 is 1.61 bits per heavy atom. The van der Waals surface area contributed by atoms with Crippen molar-refractivity contribution in [2.24, 2.45) is 0 Å². The smallest absolute Gasteiger partial charge is 0.265 e. The van der Waals surface area contributed by atoms with Gasteiger partial charge in [-0.15, -0.1) is 0 Å². The Balaban J connectivity index is 1.81. The molecule has 160 valence electrons. The van der Waals surface area contributed by atoms with Crippen LogP contribution < -0.4 is 14.4 Å². The van der Waals surface area contributed by atoms with Crippen LogP contribution in [0.15, 0.2) is 53.4 Å². The summed E-state index contributed by atoms with van der Waals surface area (Å²) in [6, 6.07) is 13.6. The van der Waals surface area contributed by atoms with Gasteiger partial charge >= 0.3 is 0 Å². The molecule has 0 saturated heterocycles. The van der Waals surface area contributed by atoms with Gasteiger partial charge in [0, 0.05) is 13.1 Å². The molecule has 1 N–H and O–H groups in total. The van der Waals surface area contributed by atoms with Gasteiger partial charge in [0.15, 0.2) is 5.75 Å². The van der Waals surface area contributed by atoms with Crippen LogP contribution in [0.25, 0.3) is 0 Å². The first-order valence-electron chi connectivity index (χ1n) is 9.57. The summed E-state index contributed by atoms with van der Waals surface area (Å²) in [6.07, 6.45) is 0. The number of aryl methyl sites for hydroxylation is 3. The molecule has 0 aromatic heterocycles.